The van der Waals surface area contributed by atoms with Gasteiger partial charge < -0.3 is 9.84 Å². The molecule has 1 spiro atoms. The largest absolute Gasteiger partial charge is 0.392 e. The Hall–Kier alpha value is -2.17. The van der Waals surface area contributed by atoms with Crippen LogP contribution in [0.3, 0.4) is 0 Å². The number of aryl methyl sites for hydroxylation is 1. The van der Waals surface area contributed by atoms with Gasteiger partial charge in [0.2, 0.25) is 12.3 Å². The molecule has 1 aromatic carbocycles. The number of aliphatic hydroxyl groups is 1. The number of benzene rings is 1. The van der Waals surface area contributed by atoms with Crippen LogP contribution in [0.25, 0.3) is 21.6 Å². The minimum Gasteiger partial charge on any atom is -0.392 e. The zero-order chi connectivity index (χ0) is 27.0. The second kappa shape index (κ2) is 8.67. The van der Waals surface area contributed by atoms with Crippen LogP contribution < -0.4 is 0 Å². The summed E-state index contributed by atoms with van der Waals surface area (Å²) in [5.41, 5.74) is 0.223. The SMILES string of the molecule is Cn1nc(-c2nnc(C(F)F)s2)c2cc(S(=O)(=O)[N+]3(COCC[Si](C)(C)C)C(=N)C34CC4)cc(CO)c21. The molecule has 1 saturated carbocycles. The van der Waals surface area contributed by atoms with Crippen molar-refractivity contribution in [3.8, 4) is 10.7 Å². The third kappa shape index (κ3) is 3.98. The Morgan fingerprint density at radius 3 is 2.54 bits per heavy atom. The van der Waals surface area contributed by atoms with Crippen molar-refractivity contribution in [2.75, 3.05) is 13.3 Å². The fourth-order valence-electron chi connectivity index (χ4n) is 4.88. The first-order valence-electron chi connectivity index (χ1n) is 11.8. The molecule has 2 aromatic heterocycles. The maximum atomic E-state index is 14.2. The van der Waals surface area contributed by atoms with E-state index in [1.54, 1.807) is 7.05 Å². The number of nitrogens with one attached hydrogen (secondary N) is 1. The van der Waals surface area contributed by atoms with Crippen molar-refractivity contribution in [1.29, 1.82) is 5.41 Å². The summed E-state index contributed by atoms with van der Waals surface area (Å²) in [7, 11) is -3.94. The highest BCUT2D eigenvalue weighted by Crippen LogP contribution is 2.65. The topological polar surface area (TPSA) is 131 Å². The van der Waals surface area contributed by atoms with Gasteiger partial charge in [-0.3, -0.25) is 4.68 Å². The predicted molar refractivity (Wildman–Crippen MR) is 137 cm³/mol. The van der Waals surface area contributed by atoms with Crippen molar-refractivity contribution in [1.82, 2.24) is 20.0 Å². The number of aliphatic hydroxyl groups excluding tert-OH is 1. The van der Waals surface area contributed by atoms with Crippen molar-refractivity contribution in [2.24, 2.45) is 7.05 Å². The number of hydrogen-bond acceptors (Lipinski definition) is 9. The Kier molecular flexibility index (Phi) is 6.20. The Labute approximate surface area is 218 Å². The molecule has 3 heterocycles. The number of alkyl halides is 2. The van der Waals surface area contributed by atoms with E-state index in [9.17, 15) is 22.3 Å². The molecule has 37 heavy (non-hydrogen) atoms. The molecule has 5 rings (SSSR count). The van der Waals surface area contributed by atoms with Crippen LogP contribution in [0.4, 0.5) is 8.78 Å². The van der Waals surface area contributed by atoms with Gasteiger partial charge in [-0.05, 0) is 18.2 Å². The van der Waals surface area contributed by atoms with Gasteiger partial charge in [-0.2, -0.15) is 13.5 Å². The molecule has 1 atom stereocenters. The van der Waals surface area contributed by atoms with E-state index in [1.165, 1.54) is 16.8 Å². The average Bonchev–Trinajstić information content (AvgIpc) is 3.56. The number of sulfonamides is 1. The third-order valence-electron chi connectivity index (χ3n) is 7.14. The number of hydrogen-bond donors (Lipinski definition) is 2. The summed E-state index contributed by atoms with van der Waals surface area (Å²) >= 11 is 0.678. The quantitative estimate of drug-likeness (QED) is 0.163. The Balaban J connectivity index is 1.59. The molecule has 200 valence electrons. The van der Waals surface area contributed by atoms with E-state index in [2.05, 4.69) is 34.9 Å². The van der Waals surface area contributed by atoms with Gasteiger partial charge in [0.05, 0.1) is 18.7 Å². The molecular formula is C22H29F2N6O4S2Si+. The standard InChI is InChI=1S/C22H29F2N6O4S2Si/c1-29-17-13(11-31)9-14(10-15(17)16(28-29)19-26-27-20(35-19)18(23)24)36(32,33)30(21(25)22(30)5-6-22)12-34-7-8-37(2,3)4/h9-10,18,25,31H,5-8,11-12H2,1-4H3/q+1. The molecule has 2 aliphatic rings. The summed E-state index contributed by atoms with van der Waals surface area (Å²) in [6.07, 6.45) is -1.60. The van der Waals surface area contributed by atoms with Gasteiger partial charge in [0.25, 0.3) is 12.3 Å². The van der Waals surface area contributed by atoms with Crippen molar-refractivity contribution < 1.29 is 30.9 Å². The number of aromatic nitrogens is 4. The number of fused-ring (bicyclic) bond motifs is 1. The summed E-state index contributed by atoms with van der Waals surface area (Å²) in [6, 6.07) is 3.70. The van der Waals surface area contributed by atoms with Gasteiger partial charge in [0, 0.05) is 38.9 Å². The van der Waals surface area contributed by atoms with Gasteiger partial charge in [-0.15, -0.1) is 14.1 Å². The summed E-state index contributed by atoms with van der Waals surface area (Å²) in [6.45, 7) is 6.43. The molecule has 2 fully saturated rings. The minimum absolute atomic E-state index is 0.0841. The van der Waals surface area contributed by atoms with Crippen molar-refractivity contribution in [3.63, 3.8) is 0 Å². The maximum Gasteiger partial charge on any atom is 0.336 e. The lowest BCUT2D eigenvalue weighted by molar-refractivity contribution is -0.673. The van der Waals surface area contributed by atoms with Crippen LogP contribution in [0.2, 0.25) is 25.7 Å². The molecule has 0 radical (unpaired) electrons. The van der Waals surface area contributed by atoms with E-state index in [0.717, 1.165) is 6.04 Å². The van der Waals surface area contributed by atoms with E-state index in [0.29, 0.717) is 47.3 Å². The number of amidine groups is 1. The molecular weight excluding hydrogens is 542 g/mol. The minimum atomic E-state index is -4.16. The Morgan fingerprint density at radius 1 is 1.30 bits per heavy atom. The number of ether oxygens (including phenoxy) is 1. The highest BCUT2D eigenvalue weighted by Gasteiger charge is 2.90. The first-order chi connectivity index (χ1) is 17.3. The lowest BCUT2D eigenvalue weighted by Gasteiger charge is -2.21. The fourth-order valence-corrected chi connectivity index (χ4v) is 8.57. The second-order valence-corrected chi connectivity index (χ2v) is 19.5. The van der Waals surface area contributed by atoms with Gasteiger partial charge in [-0.25, -0.2) is 14.2 Å². The lowest BCUT2D eigenvalue weighted by Crippen LogP contribution is -2.40. The number of nitrogens with zero attached hydrogens (tertiary/aromatic N) is 5. The maximum absolute atomic E-state index is 14.2. The second-order valence-electron chi connectivity index (χ2n) is 10.8. The molecule has 10 nitrogen and oxygen atoms in total. The summed E-state index contributed by atoms with van der Waals surface area (Å²) in [4.78, 5) is -0.0841. The summed E-state index contributed by atoms with van der Waals surface area (Å²) in [5.74, 6) is 0.114. The zero-order valence-electron chi connectivity index (χ0n) is 21.0. The van der Waals surface area contributed by atoms with Crippen LogP contribution in [0.5, 0.6) is 0 Å². The summed E-state index contributed by atoms with van der Waals surface area (Å²) < 4.78 is 61.4. The highest BCUT2D eigenvalue weighted by atomic mass is 32.2. The number of halogens is 2. The summed E-state index contributed by atoms with van der Waals surface area (Å²) in [5, 5.41) is 30.5. The van der Waals surface area contributed by atoms with Crippen LogP contribution >= 0.6 is 11.3 Å². The highest BCUT2D eigenvalue weighted by molar-refractivity contribution is 7.86. The van der Waals surface area contributed by atoms with Gasteiger partial charge >= 0.3 is 10.0 Å². The molecule has 15 heteroatoms. The van der Waals surface area contributed by atoms with E-state index in [4.69, 9.17) is 10.1 Å². The smallest absolute Gasteiger partial charge is 0.336 e. The van der Waals surface area contributed by atoms with Gasteiger partial charge in [-0.1, -0.05) is 31.0 Å². The molecule has 1 unspecified atom stereocenters. The monoisotopic (exact) mass is 571 g/mol. The van der Waals surface area contributed by atoms with Crippen LogP contribution in [-0.2, 0) is 28.4 Å². The van der Waals surface area contributed by atoms with Gasteiger partial charge in [0.1, 0.15) is 10.6 Å². The van der Waals surface area contributed by atoms with Crippen LogP contribution in [0, 0.1) is 5.41 Å². The van der Waals surface area contributed by atoms with Gasteiger partial charge in [0.15, 0.2) is 10.0 Å². The lowest BCUT2D eigenvalue weighted by atomic mass is 10.1. The van der Waals surface area contributed by atoms with Crippen molar-refractivity contribution in [3.05, 3.63) is 22.7 Å². The average molecular weight is 572 g/mol. The third-order valence-corrected chi connectivity index (χ3v) is 12.1. The molecule has 1 aliphatic carbocycles. The molecule has 2 N–H and O–H groups in total. The predicted octanol–water partition coefficient (Wildman–Crippen LogP) is 3.86. The molecule has 1 aliphatic heterocycles. The van der Waals surface area contributed by atoms with Crippen LogP contribution in [0.1, 0.15) is 29.8 Å². The molecule has 1 saturated heterocycles. The molecule has 0 amide bonds. The first-order valence-corrected chi connectivity index (χ1v) is 17.8. The van der Waals surface area contributed by atoms with E-state index in [1.807, 2.05) is 0 Å². The fraction of sp³-hybridized carbons (Fsp3) is 0.545. The number of rotatable bonds is 10. The van der Waals surface area contributed by atoms with Crippen LogP contribution in [0.15, 0.2) is 17.0 Å². The molecule has 0 bridgehead atoms. The van der Waals surface area contributed by atoms with E-state index >= 15 is 0 Å². The van der Waals surface area contributed by atoms with Crippen molar-refractivity contribution >= 4 is 46.2 Å². The number of quaternary nitrogens is 1. The van der Waals surface area contributed by atoms with E-state index in [-0.39, 0.29) is 28.2 Å². The zero-order valence-corrected chi connectivity index (χ0v) is 23.6. The Morgan fingerprint density at radius 2 is 2.00 bits per heavy atom. The first kappa shape index (κ1) is 26.4. The normalized spacial score (nSPS) is 20.9. The van der Waals surface area contributed by atoms with Crippen molar-refractivity contribution in [2.45, 2.75) is 62.0 Å². The van der Waals surface area contributed by atoms with Crippen LogP contribution in [-0.4, -0.2) is 70.2 Å². The Bertz CT molecular complexity index is 1510. The molecule has 3 aromatic rings. The van der Waals surface area contributed by atoms with E-state index < -0.39 is 45.6 Å².